The molecule has 0 spiro atoms. The van der Waals surface area contributed by atoms with Crippen LogP contribution in [-0.2, 0) is 20.0 Å². The van der Waals surface area contributed by atoms with Crippen LogP contribution in [0.5, 0.6) is 0 Å². The Morgan fingerprint density at radius 3 is 2.37 bits per heavy atom. The van der Waals surface area contributed by atoms with Gasteiger partial charge in [0.25, 0.3) is 11.8 Å². The van der Waals surface area contributed by atoms with Crippen molar-refractivity contribution >= 4 is 74.7 Å². The highest BCUT2D eigenvalue weighted by Crippen LogP contribution is 2.33. The first kappa shape index (κ1) is 25.9. The van der Waals surface area contributed by atoms with Crippen molar-refractivity contribution in [2.24, 2.45) is 0 Å². The molecule has 14 heteroatoms. The highest BCUT2D eigenvalue weighted by molar-refractivity contribution is 9.10. The Morgan fingerprint density at radius 1 is 1.03 bits per heavy atom. The van der Waals surface area contributed by atoms with Crippen molar-refractivity contribution in [1.29, 1.82) is 0 Å². The van der Waals surface area contributed by atoms with Crippen LogP contribution in [0.2, 0.25) is 0 Å². The summed E-state index contributed by atoms with van der Waals surface area (Å²) in [6.45, 7) is -0.580. The molecule has 188 valence electrons. The number of alkyl halides is 2. The monoisotopic (exact) mass is 607 g/mol. The van der Waals surface area contributed by atoms with Gasteiger partial charge in [-0.3, -0.25) is 9.52 Å². The smallest absolute Gasteiger partial charge is 0.265 e. The first-order valence-corrected chi connectivity index (χ1v) is 15.2. The van der Waals surface area contributed by atoms with Crippen molar-refractivity contribution in [3.63, 3.8) is 0 Å². The van der Waals surface area contributed by atoms with Gasteiger partial charge >= 0.3 is 0 Å². The average Bonchev–Trinajstić information content (AvgIpc) is 3.15. The van der Waals surface area contributed by atoms with E-state index in [1.165, 1.54) is 29.5 Å². The van der Waals surface area contributed by atoms with Gasteiger partial charge in [-0.15, -0.1) is 11.3 Å². The third-order valence-corrected chi connectivity index (χ3v) is 9.32. The maximum atomic E-state index is 13.5. The molecule has 4 rings (SSSR count). The van der Waals surface area contributed by atoms with E-state index in [1.807, 2.05) is 0 Å². The Labute approximate surface area is 213 Å². The van der Waals surface area contributed by atoms with E-state index in [1.54, 1.807) is 24.3 Å². The Morgan fingerprint density at radius 2 is 1.71 bits per heavy atom. The zero-order valence-corrected chi connectivity index (χ0v) is 22.3. The molecule has 0 unspecified atom stereocenters. The fourth-order valence-electron chi connectivity index (χ4n) is 3.61. The molecule has 1 aliphatic heterocycles. The van der Waals surface area contributed by atoms with Crippen LogP contribution >= 0.6 is 27.3 Å². The minimum atomic E-state index is -4.03. The topological polar surface area (TPSA) is 113 Å². The average molecular weight is 609 g/mol. The first-order valence-electron chi connectivity index (χ1n) is 10.2. The lowest BCUT2D eigenvalue weighted by Crippen LogP contribution is -2.42. The van der Waals surface area contributed by atoms with Crippen molar-refractivity contribution in [3.8, 4) is 0 Å². The standard InChI is InChI=1S/C21H20BrF2N3O5S3/c1-34(29,30)26-15-2-3-18-13(8-15)9-19(33-18)20(28)25-16-10-14(22)11-17(12-16)35(31,32)27-6-4-21(23,24)5-7-27/h2-3,8-12,26H,4-7H2,1H3,(H,25,28). The minimum absolute atomic E-state index is 0.125. The van der Waals surface area contributed by atoms with Crippen molar-refractivity contribution in [2.75, 3.05) is 29.4 Å². The number of nitrogens with zero attached hydrogens (tertiary/aromatic N) is 1. The maximum Gasteiger partial charge on any atom is 0.265 e. The minimum Gasteiger partial charge on any atom is -0.321 e. The van der Waals surface area contributed by atoms with Gasteiger partial charge in [0.1, 0.15) is 0 Å². The summed E-state index contributed by atoms with van der Waals surface area (Å²) in [7, 11) is -7.48. The highest BCUT2D eigenvalue weighted by atomic mass is 79.9. The number of thiophene rings is 1. The van der Waals surface area contributed by atoms with Gasteiger partial charge in [-0.2, -0.15) is 4.31 Å². The molecule has 1 aliphatic rings. The van der Waals surface area contributed by atoms with Crippen LogP contribution in [0.15, 0.2) is 51.8 Å². The number of amides is 1. The lowest BCUT2D eigenvalue weighted by Gasteiger charge is -2.31. The predicted octanol–water partition coefficient (Wildman–Crippen LogP) is 4.71. The van der Waals surface area contributed by atoms with Crippen LogP contribution in [0.3, 0.4) is 0 Å². The molecule has 2 N–H and O–H groups in total. The highest BCUT2D eigenvalue weighted by Gasteiger charge is 2.38. The molecular weight excluding hydrogens is 588 g/mol. The van der Waals surface area contributed by atoms with E-state index in [2.05, 4.69) is 26.0 Å². The molecule has 8 nitrogen and oxygen atoms in total. The number of piperidine rings is 1. The number of rotatable bonds is 6. The molecule has 0 bridgehead atoms. The number of hydrogen-bond donors (Lipinski definition) is 2. The summed E-state index contributed by atoms with van der Waals surface area (Å²) in [4.78, 5) is 13.1. The lowest BCUT2D eigenvalue weighted by molar-refractivity contribution is -0.0412. The molecule has 1 fully saturated rings. The molecule has 35 heavy (non-hydrogen) atoms. The molecule has 1 amide bonds. The first-order chi connectivity index (χ1) is 16.2. The molecule has 0 radical (unpaired) electrons. The van der Waals surface area contributed by atoms with Crippen LogP contribution in [0.1, 0.15) is 22.5 Å². The van der Waals surface area contributed by atoms with Gasteiger partial charge in [0.05, 0.1) is 16.0 Å². The summed E-state index contributed by atoms with van der Waals surface area (Å²) in [6.07, 6.45) is -0.0505. The van der Waals surface area contributed by atoms with Gasteiger partial charge < -0.3 is 5.32 Å². The van der Waals surface area contributed by atoms with Gasteiger partial charge in [0.15, 0.2) is 0 Å². The van der Waals surface area contributed by atoms with Gasteiger partial charge in [0, 0.05) is 46.5 Å². The van der Waals surface area contributed by atoms with E-state index in [4.69, 9.17) is 0 Å². The maximum absolute atomic E-state index is 13.5. The normalized spacial score (nSPS) is 16.8. The quantitative estimate of drug-likeness (QED) is 0.421. The van der Waals surface area contributed by atoms with E-state index in [0.29, 0.717) is 20.4 Å². The number of sulfonamides is 2. The fourth-order valence-corrected chi connectivity index (χ4v) is 7.26. The Balaban J connectivity index is 1.55. The van der Waals surface area contributed by atoms with Gasteiger partial charge in [-0.25, -0.2) is 25.6 Å². The third kappa shape index (κ3) is 6.17. The Hall–Kier alpha value is -2.13. The van der Waals surface area contributed by atoms with Crippen molar-refractivity contribution < 1.29 is 30.4 Å². The zero-order valence-electron chi connectivity index (χ0n) is 18.2. The van der Waals surface area contributed by atoms with E-state index >= 15 is 0 Å². The SMILES string of the molecule is CS(=O)(=O)Nc1ccc2sc(C(=O)Nc3cc(Br)cc(S(=O)(=O)N4CCC(F)(F)CC4)c3)cc2c1. The molecule has 1 aromatic heterocycles. The van der Waals surface area contributed by atoms with Gasteiger partial charge in [-0.05, 0) is 47.9 Å². The Kier molecular flexibility index (Phi) is 6.96. The molecule has 1 saturated heterocycles. The number of hydrogen-bond acceptors (Lipinski definition) is 6. The fraction of sp³-hybridized carbons (Fsp3) is 0.286. The molecule has 2 aromatic carbocycles. The van der Waals surface area contributed by atoms with Crippen molar-refractivity contribution in [1.82, 2.24) is 4.31 Å². The summed E-state index contributed by atoms with van der Waals surface area (Å²) in [5.41, 5.74) is 0.573. The van der Waals surface area contributed by atoms with Gasteiger partial charge in [-0.1, -0.05) is 15.9 Å². The third-order valence-electron chi connectivity index (χ3n) is 5.26. The number of benzene rings is 2. The summed E-state index contributed by atoms with van der Waals surface area (Å²) in [6, 6.07) is 10.7. The van der Waals surface area contributed by atoms with E-state index in [-0.39, 0.29) is 23.7 Å². The molecule has 3 aromatic rings. The zero-order chi connectivity index (χ0) is 25.6. The van der Waals surface area contributed by atoms with Crippen LogP contribution in [0.4, 0.5) is 20.2 Å². The number of nitrogens with one attached hydrogen (secondary N) is 2. The second-order valence-electron chi connectivity index (χ2n) is 8.13. The van der Waals surface area contributed by atoms with E-state index in [9.17, 15) is 30.4 Å². The number of fused-ring (bicyclic) bond motifs is 1. The molecule has 0 saturated carbocycles. The molecule has 0 atom stereocenters. The lowest BCUT2D eigenvalue weighted by atomic mass is 10.1. The van der Waals surface area contributed by atoms with Crippen LogP contribution < -0.4 is 10.0 Å². The van der Waals surface area contributed by atoms with Crippen molar-refractivity contribution in [3.05, 3.63) is 51.8 Å². The summed E-state index contributed by atoms with van der Waals surface area (Å²) in [5.74, 6) is -3.36. The summed E-state index contributed by atoms with van der Waals surface area (Å²) < 4.78 is 80.4. The largest absolute Gasteiger partial charge is 0.321 e. The van der Waals surface area contributed by atoms with Crippen molar-refractivity contribution in [2.45, 2.75) is 23.7 Å². The van der Waals surface area contributed by atoms with Gasteiger partial charge in [0.2, 0.25) is 20.0 Å². The molecule has 2 heterocycles. The second kappa shape index (κ2) is 9.39. The Bertz CT molecular complexity index is 1510. The number of halogens is 3. The second-order valence-corrected chi connectivity index (χ2v) is 13.8. The number of anilines is 2. The van der Waals surface area contributed by atoms with E-state index in [0.717, 1.165) is 15.3 Å². The van der Waals surface area contributed by atoms with Crippen LogP contribution in [-0.4, -0.2) is 52.3 Å². The molecule has 0 aliphatic carbocycles. The molecular formula is C21H20BrF2N3O5S3. The van der Waals surface area contributed by atoms with Crippen LogP contribution in [0.25, 0.3) is 10.1 Å². The summed E-state index contributed by atoms with van der Waals surface area (Å²) in [5, 5.41) is 3.33. The van der Waals surface area contributed by atoms with E-state index < -0.39 is 44.7 Å². The van der Waals surface area contributed by atoms with Crippen LogP contribution in [0, 0.1) is 0 Å². The summed E-state index contributed by atoms with van der Waals surface area (Å²) >= 11 is 4.44. The number of carbonyl (C=O) groups is 1. The number of carbonyl (C=O) groups excluding carboxylic acids is 1. The predicted molar refractivity (Wildman–Crippen MR) is 135 cm³/mol.